The summed E-state index contributed by atoms with van der Waals surface area (Å²) in [7, 11) is 0. The molecule has 0 spiro atoms. The third kappa shape index (κ3) is 6.74. The molecule has 6 nitrogen and oxygen atoms in total. The van der Waals surface area contributed by atoms with Crippen LogP contribution in [0.4, 0.5) is 24.5 Å². The number of alkyl halides is 3. The normalized spacial score (nSPS) is 17.4. The molecule has 2 N–H and O–H groups in total. The van der Waals surface area contributed by atoms with E-state index in [1.54, 1.807) is 54.9 Å². The van der Waals surface area contributed by atoms with Gasteiger partial charge in [-0.1, -0.05) is 24.3 Å². The molecule has 1 fully saturated rings. The second-order valence-electron chi connectivity index (χ2n) is 9.14. The minimum absolute atomic E-state index is 0.0171. The van der Waals surface area contributed by atoms with Gasteiger partial charge < -0.3 is 15.4 Å². The molecule has 1 aliphatic rings. The van der Waals surface area contributed by atoms with Crippen LogP contribution in [-0.2, 0) is 22.3 Å². The number of ketones is 1. The maximum absolute atomic E-state index is 13.2. The number of aromatic nitrogens is 1. The molecule has 1 aliphatic heterocycles. The molecule has 1 amide bonds. The Morgan fingerprint density at radius 2 is 1.73 bits per heavy atom. The average molecular weight is 512 g/mol. The van der Waals surface area contributed by atoms with E-state index in [-0.39, 0.29) is 23.9 Å². The van der Waals surface area contributed by atoms with Gasteiger partial charge in [-0.15, -0.1) is 0 Å². The zero-order chi connectivity index (χ0) is 26.3. The molecule has 0 unspecified atom stereocenters. The number of carbonyl (C=O) groups is 2. The largest absolute Gasteiger partial charge is 0.418 e. The molecule has 1 aromatic heterocycles. The van der Waals surface area contributed by atoms with E-state index in [4.69, 9.17) is 4.74 Å². The van der Waals surface area contributed by atoms with Crippen LogP contribution in [-0.4, -0.2) is 29.9 Å². The number of nitrogens with zero attached hydrogens (tertiary/aromatic N) is 1. The number of amides is 1. The van der Waals surface area contributed by atoms with Crippen molar-refractivity contribution in [3.05, 3.63) is 89.7 Å². The molecule has 37 heavy (non-hydrogen) atoms. The van der Waals surface area contributed by atoms with Gasteiger partial charge in [-0.25, -0.2) is 0 Å². The van der Waals surface area contributed by atoms with Gasteiger partial charge in [-0.2, -0.15) is 13.2 Å². The molecular formula is C28H28F3N3O3. The van der Waals surface area contributed by atoms with Crippen LogP contribution >= 0.6 is 0 Å². The molecule has 0 radical (unpaired) electrons. The first-order valence-corrected chi connectivity index (χ1v) is 12.1. The molecule has 2 aromatic carbocycles. The van der Waals surface area contributed by atoms with Gasteiger partial charge in [0.1, 0.15) is 0 Å². The number of carbonyl (C=O) groups excluding carboxylic acids is 2. The second kappa shape index (κ2) is 11.6. The number of benzene rings is 2. The third-order valence-corrected chi connectivity index (χ3v) is 6.56. The van der Waals surface area contributed by atoms with Crippen molar-refractivity contribution in [2.75, 3.05) is 18.5 Å². The van der Waals surface area contributed by atoms with E-state index in [2.05, 4.69) is 15.6 Å². The van der Waals surface area contributed by atoms with E-state index in [1.165, 1.54) is 12.1 Å². The highest BCUT2D eigenvalue weighted by atomic mass is 19.4. The van der Waals surface area contributed by atoms with Crippen molar-refractivity contribution in [3.8, 4) is 0 Å². The molecule has 3 aromatic rings. The van der Waals surface area contributed by atoms with Crippen molar-refractivity contribution in [3.63, 3.8) is 0 Å². The number of para-hydroxylation sites is 1. The maximum atomic E-state index is 13.2. The number of nitrogens with one attached hydrogen (secondary N) is 2. The average Bonchev–Trinajstić information content (AvgIpc) is 3.38. The van der Waals surface area contributed by atoms with Gasteiger partial charge >= 0.3 is 6.18 Å². The SMILES string of the molecule is O=C(CCC[C@@]1(C(=O)NCc2ccc(Nc3ccccc3C(F)(F)F)cc2)CCOC1)c1ccncc1. The summed E-state index contributed by atoms with van der Waals surface area (Å²) in [5.41, 5.74) is 0.480. The summed E-state index contributed by atoms with van der Waals surface area (Å²) in [4.78, 5) is 29.4. The Hall–Kier alpha value is -3.72. The number of ether oxygens (including phenoxy) is 1. The van der Waals surface area contributed by atoms with Crippen LogP contribution in [0.5, 0.6) is 0 Å². The van der Waals surface area contributed by atoms with Crippen molar-refractivity contribution >= 4 is 23.1 Å². The van der Waals surface area contributed by atoms with Crippen molar-refractivity contribution in [2.24, 2.45) is 5.41 Å². The van der Waals surface area contributed by atoms with Crippen LogP contribution < -0.4 is 10.6 Å². The molecule has 9 heteroatoms. The molecular weight excluding hydrogens is 483 g/mol. The number of pyridine rings is 1. The van der Waals surface area contributed by atoms with Gasteiger partial charge in [0, 0.05) is 43.2 Å². The molecule has 194 valence electrons. The molecule has 1 atom stereocenters. The van der Waals surface area contributed by atoms with Gasteiger partial charge in [-0.3, -0.25) is 14.6 Å². The summed E-state index contributed by atoms with van der Waals surface area (Å²) < 4.78 is 45.3. The lowest BCUT2D eigenvalue weighted by Crippen LogP contribution is -2.41. The van der Waals surface area contributed by atoms with Crippen LogP contribution in [0.25, 0.3) is 0 Å². The number of hydrogen-bond acceptors (Lipinski definition) is 5. The van der Waals surface area contributed by atoms with Gasteiger partial charge in [0.05, 0.1) is 23.3 Å². The molecule has 4 rings (SSSR count). The maximum Gasteiger partial charge on any atom is 0.418 e. The molecule has 2 heterocycles. The fourth-order valence-electron chi connectivity index (χ4n) is 4.44. The van der Waals surface area contributed by atoms with Crippen molar-refractivity contribution in [1.29, 1.82) is 0 Å². The van der Waals surface area contributed by atoms with Gasteiger partial charge in [0.15, 0.2) is 5.78 Å². The van der Waals surface area contributed by atoms with E-state index in [9.17, 15) is 22.8 Å². The predicted molar refractivity (Wildman–Crippen MR) is 133 cm³/mol. The predicted octanol–water partition coefficient (Wildman–Crippen LogP) is 5.92. The van der Waals surface area contributed by atoms with Gasteiger partial charge in [-0.05, 0) is 61.2 Å². The van der Waals surface area contributed by atoms with Crippen molar-refractivity contribution < 1.29 is 27.5 Å². The first kappa shape index (κ1) is 26.3. The zero-order valence-electron chi connectivity index (χ0n) is 20.2. The summed E-state index contributed by atoms with van der Waals surface area (Å²) in [5.74, 6) is -0.105. The van der Waals surface area contributed by atoms with E-state index in [0.717, 1.165) is 11.6 Å². The quantitative estimate of drug-likeness (QED) is 0.330. The van der Waals surface area contributed by atoms with Gasteiger partial charge in [0.25, 0.3) is 0 Å². The number of rotatable bonds is 10. The minimum Gasteiger partial charge on any atom is -0.380 e. The summed E-state index contributed by atoms with van der Waals surface area (Å²) in [5, 5.41) is 5.78. The summed E-state index contributed by atoms with van der Waals surface area (Å²) in [6, 6.07) is 15.5. The van der Waals surface area contributed by atoms with E-state index in [1.807, 2.05) is 0 Å². The van der Waals surface area contributed by atoms with Crippen molar-refractivity contribution in [1.82, 2.24) is 10.3 Å². The third-order valence-electron chi connectivity index (χ3n) is 6.56. The van der Waals surface area contributed by atoms with Crippen LogP contribution in [0.15, 0.2) is 73.1 Å². The number of halogens is 3. The molecule has 1 saturated heterocycles. The smallest absolute Gasteiger partial charge is 0.380 e. The zero-order valence-corrected chi connectivity index (χ0v) is 20.2. The lowest BCUT2D eigenvalue weighted by molar-refractivity contribution is -0.137. The monoisotopic (exact) mass is 511 g/mol. The number of Topliss-reactive ketones (excluding diaryl/α,β-unsaturated/α-hetero) is 1. The van der Waals surface area contributed by atoms with Gasteiger partial charge in [0.2, 0.25) is 5.91 Å². The molecule has 0 aliphatic carbocycles. The van der Waals surface area contributed by atoms with Crippen molar-refractivity contribution in [2.45, 2.75) is 38.4 Å². The Balaban J connectivity index is 1.31. The van der Waals surface area contributed by atoms with E-state index in [0.29, 0.717) is 50.1 Å². The van der Waals surface area contributed by atoms with Crippen LogP contribution in [0, 0.1) is 5.41 Å². The number of hydrogen-bond donors (Lipinski definition) is 2. The standard InChI is InChI=1S/C28H28F3N3O3/c29-28(30,31)23-4-1-2-5-24(23)34-22-9-7-20(8-10-22)18-33-26(36)27(14-17-37-19-27)13-3-6-25(35)21-11-15-32-16-12-21/h1-2,4-5,7-12,15-16,34H,3,6,13-14,17-19H2,(H,33,36)/t27-/m1/s1. The highest BCUT2D eigenvalue weighted by Crippen LogP contribution is 2.36. The first-order chi connectivity index (χ1) is 17.8. The Bertz CT molecular complexity index is 1210. The van der Waals surface area contributed by atoms with E-state index < -0.39 is 17.2 Å². The molecule has 0 bridgehead atoms. The first-order valence-electron chi connectivity index (χ1n) is 12.1. The second-order valence-corrected chi connectivity index (χ2v) is 9.14. The molecule has 0 saturated carbocycles. The fraction of sp³-hybridized carbons (Fsp3) is 0.321. The Morgan fingerprint density at radius 1 is 1.00 bits per heavy atom. The topological polar surface area (TPSA) is 80.3 Å². The van der Waals surface area contributed by atoms with Crippen LogP contribution in [0.1, 0.15) is 47.2 Å². The lowest BCUT2D eigenvalue weighted by Gasteiger charge is -2.26. The minimum atomic E-state index is -4.46. The Labute approximate surface area is 213 Å². The number of anilines is 2. The Kier molecular flexibility index (Phi) is 8.23. The van der Waals surface area contributed by atoms with Crippen LogP contribution in [0.2, 0.25) is 0 Å². The fourth-order valence-corrected chi connectivity index (χ4v) is 4.44. The van der Waals surface area contributed by atoms with Crippen LogP contribution in [0.3, 0.4) is 0 Å². The summed E-state index contributed by atoms with van der Waals surface area (Å²) in [6.07, 6.45) is 0.734. The lowest BCUT2D eigenvalue weighted by atomic mass is 9.80. The van der Waals surface area contributed by atoms with E-state index >= 15 is 0 Å². The highest BCUT2D eigenvalue weighted by molar-refractivity contribution is 5.95. The highest BCUT2D eigenvalue weighted by Gasteiger charge is 2.41. The Morgan fingerprint density at radius 3 is 2.41 bits per heavy atom. The summed E-state index contributed by atoms with van der Waals surface area (Å²) in [6.45, 7) is 1.07. The summed E-state index contributed by atoms with van der Waals surface area (Å²) >= 11 is 0.